The van der Waals surface area contributed by atoms with E-state index in [-0.39, 0.29) is 17.9 Å². The second-order valence-electron chi connectivity index (χ2n) is 6.57. The molecule has 23 heavy (non-hydrogen) atoms. The number of hydrogen-bond acceptors (Lipinski definition) is 3. The molecule has 0 aliphatic rings. The second kappa shape index (κ2) is 7.81. The van der Waals surface area contributed by atoms with Gasteiger partial charge in [-0.3, -0.25) is 4.79 Å². The Balaban J connectivity index is 1.66. The number of hydrogen-bond donors (Lipinski definition) is 1. The number of amides is 1. The first-order chi connectivity index (χ1) is 10.9. The molecule has 5 heteroatoms. The molecule has 1 amide bonds. The van der Waals surface area contributed by atoms with Crippen molar-refractivity contribution in [3.8, 4) is 5.75 Å². The zero-order valence-corrected chi connectivity index (χ0v) is 14.1. The van der Waals surface area contributed by atoms with Crippen molar-refractivity contribution in [2.24, 2.45) is 0 Å². The number of nitrogens with zero attached hydrogens (tertiary/aromatic N) is 2. The molecule has 0 saturated heterocycles. The van der Waals surface area contributed by atoms with Crippen LogP contribution in [-0.2, 0) is 16.8 Å². The fourth-order valence-electron chi connectivity index (χ4n) is 2.16. The molecule has 1 aromatic carbocycles. The van der Waals surface area contributed by atoms with E-state index in [2.05, 4.69) is 31.1 Å². The van der Waals surface area contributed by atoms with Crippen LogP contribution in [0.1, 0.15) is 32.8 Å². The van der Waals surface area contributed by atoms with Crippen molar-refractivity contribution in [3.63, 3.8) is 0 Å². The lowest BCUT2D eigenvalue weighted by atomic mass is 9.87. The van der Waals surface area contributed by atoms with Crippen LogP contribution in [0, 0.1) is 0 Å². The van der Waals surface area contributed by atoms with Gasteiger partial charge in [0.25, 0.3) is 5.91 Å². The van der Waals surface area contributed by atoms with E-state index < -0.39 is 0 Å². The van der Waals surface area contributed by atoms with Crippen LogP contribution in [0.15, 0.2) is 43.0 Å². The second-order valence-corrected chi connectivity index (χ2v) is 6.57. The first-order valence-electron chi connectivity index (χ1n) is 7.91. The number of imidazole rings is 1. The maximum Gasteiger partial charge on any atom is 0.257 e. The quantitative estimate of drug-likeness (QED) is 0.799. The summed E-state index contributed by atoms with van der Waals surface area (Å²) in [6.07, 6.45) is 6.29. The van der Waals surface area contributed by atoms with Gasteiger partial charge in [-0.1, -0.05) is 32.9 Å². The summed E-state index contributed by atoms with van der Waals surface area (Å²) in [5.74, 6) is 0.613. The number of rotatable bonds is 7. The average Bonchev–Trinajstić information content (AvgIpc) is 3.02. The van der Waals surface area contributed by atoms with Gasteiger partial charge in [0.05, 0.1) is 6.33 Å². The average molecular weight is 315 g/mol. The zero-order chi connectivity index (χ0) is 16.7. The van der Waals surface area contributed by atoms with E-state index in [0.29, 0.717) is 12.3 Å². The van der Waals surface area contributed by atoms with Gasteiger partial charge in [0.2, 0.25) is 0 Å². The summed E-state index contributed by atoms with van der Waals surface area (Å²) in [6, 6.07) is 7.90. The first-order valence-corrected chi connectivity index (χ1v) is 7.91. The molecule has 0 saturated carbocycles. The standard InChI is InChI=1S/C18H25N3O2/c1-18(2,3)15-5-7-16(8-6-15)23-13-17(22)20-9-4-11-21-12-10-19-14-21/h5-8,10,12,14H,4,9,11,13H2,1-3H3,(H,20,22). The number of aromatic nitrogens is 2. The van der Waals surface area contributed by atoms with Crippen molar-refractivity contribution >= 4 is 5.91 Å². The Hall–Kier alpha value is -2.30. The summed E-state index contributed by atoms with van der Waals surface area (Å²) in [7, 11) is 0. The van der Waals surface area contributed by atoms with Gasteiger partial charge in [-0.25, -0.2) is 4.98 Å². The SMILES string of the molecule is CC(C)(C)c1ccc(OCC(=O)NCCCn2ccnc2)cc1. The van der Waals surface area contributed by atoms with Crippen LogP contribution in [0.3, 0.4) is 0 Å². The van der Waals surface area contributed by atoms with E-state index in [9.17, 15) is 4.79 Å². The molecule has 2 aromatic rings. The number of ether oxygens (including phenoxy) is 1. The molecule has 0 aliphatic carbocycles. The molecule has 0 fully saturated rings. The van der Waals surface area contributed by atoms with Gasteiger partial charge < -0.3 is 14.6 Å². The fraction of sp³-hybridized carbons (Fsp3) is 0.444. The van der Waals surface area contributed by atoms with Crippen LogP contribution in [0.5, 0.6) is 5.75 Å². The number of nitrogens with one attached hydrogen (secondary N) is 1. The van der Waals surface area contributed by atoms with Gasteiger partial charge in [0, 0.05) is 25.5 Å². The molecule has 0 aliphatic heterocycles. The molecule has 0 radical (unpaired) electrons. The van der Waals surface area contributed by atoms with Crippen molar-refractivity contribution < 1.29 is 9.53 Å². The van der Waals surface area contributed by atoms with E-state index in [4.69, 9.17) is 4.74 Å². The number of aryl methyl sites for hydroxylation is 1. The maximum absolute atomic E-state index is 11.7. The van der Waals surface area contributed by atoms with Crippen LogP contribution < -0.4 is 10.1 Å². The highest BCUT2D eigenvalue weighted by atomic mass is 16.5. The Kier molecular flexibility index (Phi) is 5.79. The molecular weight excluding hydrogens is 290 g/mol. The van der Waals surface area contributed by atoms with Gasteiger partial charge in [-0.2, -0.15) is 0 Å². The Labute approximate surface area is 137 Å². The first kappa shape index (κ1) is 17.1. The maximum atomic E-state index is 11.7. The Morgan fingerprint density at radius 2 is 2.00 bits per heavy atom. The lowest BCUT2D eigenvalue weighted by molar-refractivity contribution is -0.123. The summed E-state index contributed by atoms with van der Waals surface area (Å²) < 4.78 is 7.50. The van der Waals surface area contributed by atoms with Crippen molar-refractivity contribution in [1.82, 2.24) is 14.9 Å². The Bertz CT molecular complexity index is 598. The molecule has 5 nitrogen and oxygen atoms in total. The molecule has 0 unspecified atom stereocenters. The van der Waals surface area contributed by atoms with Crippen molar-refractivity contribution in [2.75, 3.05) is 13.2 Å². The highest BCUT2D eigenvalue weighted by molar-refractivity contribution is 5.77. The summed E-state index contributed by atoms with van der Waals surface area (Å²) in [5, 5.41) is 2.85. The molecule has 1 heterocycles. The monoisotopic (exact) mass is 315 g/mol. The van der Waals surface area contributed by atoms with Crippen molar-refractivity contribution in [3.05, 3.63) is 48.5 Å². The van der Waals surface area contributed by atoms with E-state index in [1.165, 1.54) is 5.56 Å². The number of benzene rings is 1. The minimum Gasteiger partial charge on any atom is -0.484 e. The summed E-state index contributed by atoms with van der Waals surface area (Å²) >= 11 is 0. The smallest absolute Gasteiger partial charge is 0.257 e. The van der Waals surface area contributed by atoms with Gasteiger partial charge >= 0.3 is 0 Å². The molecule has 1 N–H and O–H groups in total. The molecular formula is C18H25N3O2. The molecule has 124 valence electrons. The van der Waals surface area contributed by atoms with Crippen LogP contribution in [0.25, 0.3) is 0 Å². The van der Waals surface area contributed by atoms with E-state index >= 15 is 0 Å². The largest absolute Gasteiger partial charge is 0.484 e. The predicted octanol–water partition coefficient (Wildman–Crippen LogP) is 2.77. The van der Waals surface area contributed by atoms with Gasteiger partial charge in [0.1, 0.15) is 5.75 Å². The zero-order valence-electron chi connectivity index (χ0n) is 14.1. The van der Waals surface area contributed by atoms with Gasteiger partial charge in [-0.05, 0) is 29.5 Å². The van der Waals surface area contributed by atoms with E-state index in [1.807, 2.05) is 35.0 Å². The summed E-state index contributed by atoms with van der Waals surface area (Å²) in [5.41, 5.74) is 1.36. The van der Waals surface area contributed by atoms with E-state index in [0.717, 1.165) is 13.0 Å². The van der Waals surface area contributed by atoms with Gasteiger partial charge in [0.15, 0.2) is 6.61 Å². The van der Waals surface area contributed by atoms with Crippen LogP contribution >= 0.6 is 0 Å². The van der Waals surface area contributed by atoms with Crippen molar-refractivity contribution in [2.45, 2.75) is 39.2 Å². The molecule has 2 rings (SSSR count). The minimum absolute atomic E-state index is 0.0416. The highest BCUT2D eigenvalue weighted by Gasteiger charge is 2.13. The normalized spacial score (nSPS) is 11.3. The molecule has 0 bridgehead atoms. The van der Waals surface area contributed by atoms with E-state index in [1.54, 1.807) is 12.5 Å². The third-order valence-corrected chi connectivity index (χ3v) is 3.56. The fourth-order valence-corrected chi connectivity index (χ4v) is 2.16. The number of carbonyl (C=O) groups is 1. The minimum atomic E-state index is -0.101. The number of carbonyl (C=O) groups excluding carboxylic acids is 1. The Morgan fingerprint density at radius 3 is 2.61 bits per heavy atom. The molecule has 0 atom stereocenters. The lowest BCUT2D eigenvalue weighted by Crippen LogP contribution is -2.30. The highest BCUT2D eigenvalue weighted by Crippen LogP contribution is 2.24. The molecule has 0 spiro atoms. The third-order valence-electron chi connectivity index (χ3n) is 3.56. The van der Waals surface area contributed by atoms with Crippen LogP contribution in [0.4, 0.5) is 0 Å². The molecule has 1 aromatic heterocycles. The van der Waals surface area contributed by atoms with Gasteiger partial charge in [-0.15, -0.1) is 0 Å². The van der Waals surface area contributed by atoms with Crippen LogP contribution in [-0.4, -0.2) is 28.6 Å². The topological polar surface area (TPSA) is 56.1 Å². The van der Waals surface area contributed by atoms with Crippen molar-refractivity contribution in [1.29, 1.82) is 0 Å². The predicted molar refractivity (Wildman–Crippen MR) is 90.5 cm³/mol. The summed E-state index contributed by atoms with van der Waals surface area (Å²) in [6.45, 7) is 8.01. The third kappa shape index (κ3) is 5.77. The Morgan fingerprint density at radius 1 is 1.26 bits per heavy atom. The van der Waals surface area contributed by atoms with Crippen LogP contribution in [0.2, 0.25) is 0 Å². The lowest BCUT2D eigenvalue weighted by Gasteiger charge is -2.19. The summed E-state index contributed by atoms with van der Waals surface area (Å²) in [4.78, 5) is 15.7.